The molecule has 0 N–H and O–H groups in total. The highest BCUT2D eigenvalue weighted by atomic mass is 79.9. The van der Waals surface area contributed by atoms with E-state index in [1.165, 1.54) is 24.3 Å². The number of likely N-dealkylation sites (N-methyl/N-ethyl adjacent to an activating group) is 1. The van der Waals surface area contributed by atoms with Gasteiger partial charge in [0.1, 0.15) is 5.82 Å². The minimum Gasteiger partial charge on any atom is -0.292 e. The van der Waals surface area contributed by atoms with Crippen LogP contribution >= 0.6 is 15.9 Å². The SMILES string of the molecule is CC(C(=O)c1ccc(F)cc1)N(C)Cc1ccc(Br)cc1. The van der Waals surface area contributed by atoms with Crippen LogP contribution in [0.3, 0.4) is 0 Å². The first-order chi connectivity index (χ1) is 9.97. The molecule has 0 amide bonds. The molecule has 4 heteroatoms. The molecule has 0 heterocycles. The second kappa shape index (κ2) is 6.96. The number of nitrogens with zero attached hydrogens (tertiary/aromatic N) is 1. The van der Waals surface area contributed by atoms with Gasteiger partial charge in [-0.15, -0.1) is 0 Å². The molecule has 0 fully saturated rings. The lowest BCUT2D eigenvalue weighted by molar-refractivity contribution is 0.0862. The second-order valence-electron chi connectivity index (χ2n) is 5.09. The van der Waals surface area contributed by atoms with Gasteiger partial charge in [0.05, 0.1) is 6.04 Å². The van der Waals surface area contributed by atoms with Gasteiger partial charge >= 0.3 is 0 Å². The van der Waals surface area contributed by atoms with E-state index < -0.39 is 0 Å². The van der Waals surface area contributed by atoms with E-state index in [1.807, 2.05) is 43.1 Å². The third-order valence-electron chi connectivity index (χ3n) is 3.51. The summed E-state index contributed by atoms with van der Waals surface area (Å²) in [6, 6.07) is 13.4. The van der Waals surface area contributed by atoms with Gasteiger partial charge in [0.25, 0.3) is 0 Å². The highest BCUT2D eigenvalue weighted by molar-refractivity contribution is 9.10. The molecule has 1 atom stereocenters. The van der Waals surface area contributed by atoms with Crippen LogP contribution in [0.5, 0.6) is 0 Å². The van der Waals surface area contributed by atoms with Gasteiger partial charge in [0.15, 0.2) is 5.78 Å². The Morgan fingerprint density at radius 3 is 2.29 bits per heavy atom. The molecule has 2 rings (SSSR count). The summed E-state index contributed by atoms with van der Waals surface area (Å²) in [5.74, 6) is -0.336. The number of halogens is 2. The monoisotopic (exact) mass is 349 g/mol. The van der Waals surface area contributed by atoms with Crippen LogP contribution in [-0.2, 0) is 6.54 Å². The summed E-state index contributed by atoms with van der Waals surface area (Å²) in [6.45, 7) is 2.55. The van der Waals surface area contributed by atoms with E-state index in [9.17, 15) is 9.18 Å². The molecular weight excluding hydrogens is 333 g/mol. The maximum Gasteiger partial charge on any atom is 0.179 e. The van der Waals surface area contributed by atoms with Crippen LogP contribution in [0.15, 0.2) is 53.0 Å². The quantitative estimate of drug-likeness (QED) is 0.750. The summed E-state index contributed by atoms with van der Waals surface area (Å²) in [4.78, 5) is 14.4. The molecule has 0 bridgehead atoms. The standard InChI is InChI=1S/C17H17BrFNO/c1-12(17(21)14-5-9-16(19)10-6-14)20(2)11-13-3-7-15(18)8-4-13/h3-10,12H,11H2,1-2H3. The van der Waals surface area contributed by atoms with Crippen LogP contribution in [0.25, 0.3) is 0 Å². The number of carbonyl (C=O) groups excluding carboxylic acids is 1. The van der Waals surface area contributed by atoms with Crippen LogP contribution < -0.4 is 0 Å². The first kappa shape index (κ1) is 15.9. The Bertz CT molecular complexity index is 610. The van der Waals surface area contributed by atoms with Crippen LogP contribution in [0.1, 0.15) is 22.8 Å². The molecular formula is C17H17BrFNO. The molecule has 21 heavy (non-hydrogen) atoms. The highest BCUT2D eigenvalue weighted by Gasteiger charge is 2.19. The van der Waals surface area contributed by atoms with Crippen molar-refractivity contribution in [1.82, 2.24) is 4.90 Å². The summed E-state index contributed by atoms with van der Waals surface area (Å²) in [5, 5.41) is 0. The number of ketones is 1. The normalized spacial score (nSPS) is 12.4. The van der Waals surface area contributed by atoms with Gasteiger partial charge in [0.2, 0.25) is 0 Å². The minimum absolute atomic E-state index is 0.00499. The van der Waals surface area contributed by atoms with Crippen LogP contribution in [0, 0.1) is 5.82 Å². The molecule has 1 unspecified atom stereocenters. The number of hydrogen-bond donors (Lipinski definition) is 0. The zero-order valence-electron chi connectivity index (χ0n) is 12.0. The molecule has 0 aliphatic heterocycles. The van der Waals surface area contributed by atoms with Gasteiger partial charge in [-0.2, -0.15) is 0 Å². The first-order valence-corrected chi connectivity index (χ1v) is 7.51. The maximum absolute atomic E-state index is 12.9. The molecule has 0 spiro atoms. The topological polar surface area (TPSA) is 20.3 Å². The average molecular weight is 350 g/mol. The largest absolute Gasteiger partial charge is 0.292 e. The van der Waals surface area contributed by atoms with Gasteiger partial charge in [-0.25, -0.2) is 4.39 Å². The van der Waals surface area contributed by atoms with E-state index in [4.69, 9.17) is 0 Å². The Morgan fingerprint density at radius 2 is 1.71 bits per heavy atom. The van der Waals surface area contributed by atoms with Crippen molar-refractivity contribution < 1.29 is 9.18 Å². The molecule has 110 valence electrons. The third-order valence-corrected chi connectivity index (χ3v) is 4.04. The Kier molecular flexibility index (Phi) is 5.26. The van der Waals surface area contributed by atoms with Crippen molar-refractivity contribution in [2.45, 2.75) is 19.5 Å². The molecule has 0 aliphatic rings. The number of carbonyl (C=O) groups is 1. The van der Waals surface area contributed by atoms with Crippen molar-refractivity contribution in [1.29, 1.82) is 0 Å². The van der Waals surface area contributed by atoms with Crippen molar-refractivity contribution in [3.63, 3.8) is 0 Å². The number of hydrogen-bond acceptors (Lipinski definition) is 2. The molecule has 0 aliphatic carbocycles. The second-order valence-corrected chi connectivity index (χ2v) is 6.00. The lowest BCUT2D eigenvalue weighted by Gasteiger charge is -2.23. The summed E-state index contributed by atoms with van der Waals surface area (Å²) < 4.78 is 13.9. The van der Waals surface area contributed by atoms with E-state index >= 15 is 0 Å². The first-order valence-electron chi connectivity index (χ1n) is 6.72. The van der Waals surface area contributed by atoms with E-state index in [0.717, 1.165) is 10.0 Å². The van der Waals surface area contributed by atoms with Crippen molar-refractivity contribution in [3.8, 4) is 0 Å². The third kappa shape index (κ3) is 4.22. The minimum atomic E-state index is -0.331. The molecule has 0 saturated carbocycles. The van der Waals surface area contributed by atoms with Gasteiger partial charge in [-0.3, -0.25) is 9.69 Å². The van der Waals surface area contributed by atoms with Crippen LogP contribution in [0.4, 0.5) is 4.39 Å². The van der Waals surface area contributed by atoms with E-state index in [-0.39, 0.29) is 17.6 Å². The van der Waals surface area contributed by atoms with Crippen molar-refractivity contribution in [2.24, 2.45) is 0 Å². The van der Waals surface area contributed by atoms with Gasteiger partial charge in [-0.05, 0) is 55.9 Å². The number of rotatable bonds is 5. The molecule has 0 saturated heterocycles. The van der Waals surface area contributed by atoms with E-state index in [0.29, 0.717) is 12.1 Å². The fourth-order valence-corrected chi connectivity index (χ4v) is 2.33. The Hall–Kier alpha value is -1.52. The molecule has 2 nitrogen and oxygen atoms in total. The summed E-state index contributed by atoms with van der Waals surface area (Å²) in [7, 11) is 1.91. The van der Waals surface area contributed by atoms with Gasteiger partial charge in [-0.1, -0.05) is 28.1 Å². The molecule has 2 aromatic rings. The molecule has 2 aromatic carbocycles. The lowest BCUT2D eigenvalue weighted by Crippen LogP contribution is -2.35. The van der Waals surface area contributed by atoms with Crippen molar-refractivity contribution >= 4 is 21.7 Å². The van der Waals surface area contributed by atoms with Crippen LogP contribution in [0.2, 0.25) is 0 Å². The highest BCUT2D eigenvalue weighted by Crippen LogP contribution is 2.15. The Labute approximate surface area is 132 Å². The van der Waals surface area contributed by atoms with Crippen molar-refractivity contribution in [3.05, 3.63) is 69.9 Å². The zero-order chi connectivity index (χ0) is 15.4. The lowest BCUT2D eigenvalue weighted by atomic mass is 10.0. The number of benzene rings is 2. The zero-order valence-corrected chi connectivity index (χ0v) is 13.6. The van der Waals surface area contributed by atoms with E-state index in [2.05, 4.69) is 15.9 Å². The predicted octanol–water partition coefficient (Wildman–Crippen LogP) is 4.29. The van der Waals surface area contributed by atoms with Gasteiger partial charge < -0.3 is 0 Å². The summed E-state index contributed by atoms with van der Waals surface area (Å²) >= 11 is 3.40. The summed E-state index contributed by atoms with van der Waals surface area (Å²) in [6.07, 6.45) is 0. The molecule has 0 radical (unpaired) electrons. The van der Waals surface area contributed by atoms with E-state index in [1.54, 1.807) is 0 Å². The maximum atomic E-state index is 12.9. The fraction of sp³-hybridized carbons (Fsp3) is 0.235. The Morgan fingerprint density at radius 1 is 1.14 bits per heavy atom. The summed E-state index contributed by atoms with van der Waals surface area (Å²) in [5.41, 5.74) is 1.67. The predicted molar refractivity (Wildman–Crippen MR) is 85.8 cm³/mol. The average Bonchev–Trinajstić information content (AvgIpc) is 2.49. The van der Waals surface area contributed by atoms with Gasteiger partial charge in [0, 0.05) is 16.6 Å². The van der Waals surface area contributed by atoms with Crippen molar-refractivity contribution in [2.75, 3.05) is 7.05 Å². The Balaban J connectivity index is 2.04. The van der Waals surface area contributed by atoms with Crippen LogP contribution in [-0.4, -0.2) is 23.8 Å². The fourth-order valence-electron chi connectivity index (χ4n) is 2.07. The number of Topliss-reactive ketones (excluding diaryl/α,β-unsaturated/α-hetero) is 1. The smallest absolute Gasteiger partial charge is 0.179 e. The molecule has 0 aromatic heterocycles.